The Morgan fingerprint density at radius 1 is 0.933 bits per heavy atom. The van der Waals surface area contributed by atoms with E-state index in [1.54, 1.807) is 11.8 Å². The number of likely N-dealkylation sites (tertiary alicyclic amines) is 1. The Morgan fingerprint density at radius 3 is 2.16 bits per heavy atom. The van der Waals surface area contributed by atoms with Crippen molar-refractivity contribution in [3.05, 3.63) is 89.5 Å². The molecule has 3 aromatic rings. The molecule has 0 radical (unpaired) electrons. The van der Waals surface area contributed by atoms with Crippen LogP contribution < -0.4 is 20.1 Å². The van der Waals surface area contributed by atoms with Gasteiger partial charge in [0, 0.05) is 32.1 Å². The molecule has 1 aliphatic carbocycles. The summed E-state index contributed by atoms with van der Waals surface area (Å²) in [6.07, 6.45) is -0.418. The summed E-state index contributed by atoms with van der Waals surface area (Å²) >= 11 is 0. The zero-order valence-electron chi connectivity index (χ0n) is 26.1. The molecule has 1 unspecified atom stereocenters. The van der Waals surface area contributed by atoms with Crippen molar-refractivity contribution in [1.82, 2.24) is 10.2 Å². The van der Waals surface area contributed by atoms with E-state index in [4.69, 9.17) is 14.2 Å². The lowest BCUT2D eigenvalue weighted by atomic mass is 9.87. The van der Waals surface area contributed by atoms with Crippen molar-refractivity contribution >= 4 is 17.7 Å². The molecule has 1 saturated heterocycles. The summed E-state index contributed by atoms with van der Waals surface area (Å²) in [4.78, 5) is 26.8. The number of urea groups is 1. The maximum Gasteiger partial charge on any atom is 0.347 e. The molecule has 0 bridgehead atoms. The lowest BCUT2D eigenvalue weighted by molar-refractivity contribution is -0.151. The van der Waals surface area contributed by atoms with Crippen LogP contribution >= 0.6 is 0 Å². The Bertz CT molecular complexity index is 1440. The number of esters is 1. The smallest absolute Gasteiger partial charge is 0.347 e. The summed E-state index contributed by atoms with van der Waals surface area (Å²) in [6, 6.07) is 18.7. The van der Waals surface area contributed by atoms with Gasteiger partial charge in [0.2, 0.25) is 0 Å². The second-order valence-corrected chi connectivity index (χ2v) is 12.6. The van der Waals surface area contributed by atoms with Gasteiger partial charge < -0.3 is 29.7 Å². The zero-order valence-corrected chi connectivity index (χ0v) is 26.1. The van der Waals surface area contributed by atoms with Gasteiger partial charge in [0.25, 0.3) is 0 Å². The van der Waals surface area contributed by atoms with Crippen LogP contribution in [0.2, 0.25) is 0 Å². The first kappa shape index (κ1) is 32.2. The number of carbonyl (C=O) groups excluding carboxylic acids is 2. The summed E-state index contributed by atoms with van der Waals surface area (Å²) < 4.78 is 45.0. The molecule has 240 valence electrons. The van der Waals surface area contributed by atoms with Crippen molar-refractivity contribution < 1.29 is 32.6 Å². The number of amides is 2. The van der Waals surface area contributed by atoms with Crippen molar-refractivity contribution in [2.24, 2.45) is 11.8 Å². The summed E-state index contributed by atoms with van der Waals surface area (Å²) in [7, 11) is 0. The van der Waals surface area contributed by atoms with Crippen molar-refractivity contribution in [3.63, 3.8) is 0 Å². The van der Waals surface area contributed by atoms with Crippen molar-refractivity contribution in [3.8, 4) is 11.5 Å². The van der Waals surface area contributed by atoms with Gasteiger partial charge >= 0.3 is 12.0 Å². The fourth-order valence-corrected chi connectivity index (χ4v) is 5.73. The Hall–Kier alpha value is -4.18. The Balaban J connectivity index is 1.04. The molecule has 5 rings (SSSR count). The molecule has 2 aliphatic rings. The van der Waals surface area contributed by atoms with Gasteiger partial charge in [-0.2, -0.15) is 0 Å². The minimum Gasteiger partial charge on any atom is -0.492 e. The van der Waals surface area contributed by atoms with Gasteiger partial charge in [0.1, 0.15) is 35.4 Å². The number of nitrogens with zero attached hydrogens (tertiary/aromatic N) is 1. The quantitative estimate of drug-likeness (QED) is 0.192. The molecule has 0 spiro atoms. The number of fused-ring (bicyclic) bond motifs is 1. The van der Waals surface area contributed by atoms with E-state index < -0.39 is 35.4 Å². The number of nitrogens with one attached hydrogen (secondary N) is 2. The molecule has 45 heavy (non-hydrogen) atoms. The third-order valence-electron chi connectivity index (χ3n) is 8.32. The van der Waals surface area contributed by atoms with Gasteiger partial charge in [0.15, 0.2) is 6.10 Å². The van der Waals surface area contributed by atoms with E-state index in [9.17, 15) is 18.4 Å². The summed E-state index contributed by atoms with van der Waals surface area (Å²) in [5.41, 5.74) is 1.70. The van der Waals surface area contributed by atoms with Crippen LogP contribution in [-0.2, 0) is 21.4 Å². The van der Waals surface area contributed by atoms with E-state index in [0.717, 1.165) is 17.7 Å². The summed E-state index contributed by atoms with van der Waals surface area (Å²) in [5.74, 6) is -0.0492. The number of ether oxygens (including phenoxy) is 3. The highest BCUT2D eigenvalue weighted by molar-refractivity contribution is 5.90. The molecule has 1 saturated carbocycles. The van der Waals surface area contributed by atoms with Crippen LogP contribution in [0, 0.1) is 23.5 Å². The van der Waals surface area contributed by atoms with E-state index in [2.05, 4.69) is 31.4 Å². The van der Waals surface area contributed by atoms with E-state index in [1.807, 2.05) is 48.5 Å². The van der Waals surface area contributed by atoms with Gasteiger partial charge in [0.05, 0.1) is 6.61 Å². The minimum absolute atomic E-state index is 0.0213. The third-order valence-corrected chi connectivity index (χ3v) is 8.32. The molecule has 2 N–H and O–H groups in total. The zero-order chi connectivity index (χ0) is 32.1. The summed E-state index contributed by atoms with van der Waals surface area (Å²) in [6.45, 7) is 10.7. The predicted octanol–water partition coefficient (Wildman–Crippen LogP) is 5.95. The molecule has 2 amide bonds. The topological polar surface area (TPSA) is 89.1 Å². The minimum atomic E-state index is -0.797. The lowest BCUT2D eigenvalue weighted by Gasteiger charge is -2.21. The van der Waals surface area contributed by atoms with Crippen molar-refractivity contribution in [2.75, 3.05) is 38.2 Å². The van der Waals surface area contributed by atoms with E-state index in [1.165, 1.54) is 11.6 Å². The van der Waals surface area contributed by atoms with Crippen LogP contribution in [0.25, 0.3) is 0 Å². The van der Waals surface area contributed by atoms with Crippen LogP contribution in [0.5, 0.6) is 11.5 Å². The van der Waals surface area contributed by atoms with Crippen LogP contribution in [0.15, 0.2) is 66.7 Å². The number of para-hydroxylation sites is 1. The fourth-order valence-electron chi connectivity index (χ4n) is 5.73. The van der Waals surface area contributed by atoms with Gasteiger partial charge in [-0.1, -0.05) is 51.1 Å². The van der Waals surface area contributed by atoms with Crippen LogP contribution in [0.3, 0.4) is 0 Å². The van der Waals surface area contributed by atoms with Crippen LogP contribution in [0.4, 0.5) is 19.3 Å². The number of halogens is 2. The second-order valence-electron chi connectivity index (χ2n) is 12.6. The molecule has 3 aromatic carbocycles. The van der Waals surface area contributed by atoms with Gasteiger partial charge in [-0.05, 0) is 71.7 Å². The van der Waals surface area contributed by atoms with E-state index in [-0.39, 0.29) is 18.1 Å². The molecule has 10 heteroatoms. The van der Waals surface area contributed by atoms with Crippen molar-refractivity contribution in [1.29, 1.82) is 0 Å². The highest BCUT2D eigenvalue weighted by Gasteiger charge is 2.56. The van der Waals surface area contributed by atoms with Crippen molar-refractivity contribution in [2.45, 2.75) is 51.7 Å². The highest BCUT2D eigenvalue weighted by atomic mass is 19.1. The Labute approximate surface area is 263 Å². The molecule has 2 fully saturated rings. The number of carbonyl (C=O) groups is 2. The molecular weight excluding hydrogens is 580 g/mol. The average Bonchev–Trinajstić information content (AvgIpc) is 3.44. The third kappa shape index (κ3) is 8.11. The Morgan fingerprint density at radius 2 is 1.56 bits per heavy atom. The molecule has 0 aromatic heterocycles. The normalized spacial score (nSPS) is 19.4. The van der Waals surface area contributed by atoms with Crippen LogP contribution in [-0.4, -0.2) is 61.9 Å². The molecule has 8 nitrogen and oxygen atoms in total. The monoisotopic (exact) mass is 621 g/mol. The number of anilines is 1. The highest BCUT2D eigenvalue weighted by Crippen LogP contribution is 2.45. The summed E-state index contributed by atoms with van der Waals surface area (Å²) in [5, 5.41) is 5.84. The predicted molar refractivity (Wildman–Crippen MR) is 168 cm³/mol. The first-order valence-electron chi connectivity index (χ1n) is 15.4. The molecule has 1 aliphatic heterocycles. The maximum absolute atomic E-state index is 13.9. The lowest BCUT2D eigenvalue weighted by Crippen LogP contribution is -2.39. The van der Waals surface area contributed by atoms with E-state index >= 15 is 0 Å². The first-order chi connectivity index (χ1) is 21.5. The SMILES string of the molecule is CCOC(=O)[C@H](Cc1ccc(OCCN[C@@H]2C3CN(C(=O)Nc4c(F)cccc4F)C[C@H]32)cc1)Oc1ccc(C(C)(C)C)cc1. The first-order valence-corrected chi connectivity index (χ1v) is 15.4. The molecule has 4 atom stereocenters. The maximum atomic E-state index is 13.9. The number of benzene rings is 3. The number of piperidine rings is 1. The van der Waals surface area contributed by atoms with E-state index in [0.29, 0.717) is 56.0 Å². The van der Waals surface area contributed by atoms with Gasteiger partial charge in [-0.25, -0.2) is 18.4 Å². The standard InChI is InChI=1S/C35H41F2N3O5/c1-5-43-33(41)30(45-25-15-11-23(12-16-25)35(2,3)4)19-22-9-13-24(14-10-22)44-18-17-38-31-26-20-40(21-27(26)31)34(42)39-32-28(36)7-6-8-29(32)37/h6-16,26-27,30-31,38H,5,17-21H2,1-4H3,(H,39,42)/t26-,27?,30+,31+/m1/s1. The number of hydrogen-bond acceptors (Lipinski definition) is 6. The molecular formula is C35H41F2N3O5. The van der Waals surface area contributed by atoms with Crippen LogP contribution in [0.1, 0.15) is 38.8 Å². The fraction of sp³-hybridized carbons (Fsp3) is 0.429. The largest absolute Gasteiger partial charge is 0.492 e. The average molecular weight is 622 g/mol. The second kappa shape index (κ2) is 13.9. The Kier molecular flexibility index (Phi) is 9.92. The van der Waals surface area contributed by atoms with Gasteiger partial charge in [-0.15, -0.1) is 0 Å². The van der Waals surface area contributed by atoms with Gasteiger partial charge in [-0.3, -0.25) is 0 Å². The number of hydrogen-bond donors (Lipinski definition) is 2. The molecule has 1 heterocycles. The number of rotatable bonds is 12.